The minimum Gasteiger partial charge on any atom is -0.348 e. The number of hydrogen-bond acceptors (Lipinski definition) is 4. The summed E-state index contributed by atoms with van der Waals surface area (Å²) in [5, 5.41) is 4.71. The van der Waals surface area contributed by atoms with Gasteiger partial charge in [-0.25, -0.2) is 4.98 Å². The van der Waals surface area contributed by atoms with Gasteiger partial charge in [0.2, 0.25) is 0 Å². The van der Waals surface area contributed by atoms with Gasteiger partial charge in [0.1, 0.15) is 0 Å². The second-order valence-corrected chi connectivity index (χ2v) is 7.53. The Morgan fingerprint density at radius 1 is 1.29 bits per heavy atom. The molecule has 0 saturated carbocycles. The minimum absolute atomic E-state index is 0.823. The number of rotatable bonds is 7. The van der Waals surface area contributed by atoms with Gasteiger partial charge < -0.3 is 10.2 Å². The predicted octanol–water partition coefficient (Wildman–Crippen LogP) is 4.08. The van der Waals surface area contributed by atoms with Gasteiger partial charge >= 0.3 is 0 Å². The van der Waals surface area contributed by atoms with Gasteiger partial charge in [-0.15, -0.1) is 11.3 Å². The van der Waals surface area contributed by atoms with E-state index in [0.717, 1.165) is 31.3 Å². The maximum absolute atomic E-state index is 4.95. The molecule has 1 N–H and O–H groups in total. The van der Waals surface area contributed by atoms with Crippen LogP contribution in [0.2, 0.25) is 0 Å². The van der Waals surface area contributed by atoms with Crippen molar-refractivity contribution in [3.8, 4) is 0 Å². The number of nitrogens with zero attached hydrogens (tertiary/aromatic N) is 2. The molecule has 1 saturated heterocycles. The van der Waals surface area contributed by atoms with Gasteiger partial charge in [0.25, 0.3) is 0 Å². The van der Waals surface area contributed by atoms with Crippen LogP contribution in [0.1, 0.15) is 57.5 Å². The first-order chi connectivity index (χ1) is 10.2. The molecule has 0 bridgehead atoms. The second-order valence-electron chi connectivity index (χ2n) is 6.47. The van der Waals surface area contributed by atoms with Gasteiger partial charge in [0.15, 0.2) is 5.13 Å². The van der Waals surface area contributed by atoms with Gasteiger partial charge in [0, 0.05) is 24.5 Å². The zero-order valence-electron chi connectivity index (χ0n) is 14.1. The molecule has 120 valence electrons. The van der Waals surface area contributed by atoms with E-state index in [-0.39, 0.29) is 0 Å². The molecule has 1 fully saturated rings. The molecule has 0 aliphatic carbocycles. The van der Waals surface area contributed by atoms with Gasteiger partial charge in [-0.05, 0) is 37.6 Å². The molecular formula is C17H31N3S. The van der Waals surface area contributed by atoms with Crippen LogP contribution in [0.5, 0.6) is 0 Å². The molecule has 3 nitrogen and oxygen atoms in total. The smallest absolute Gasteiger partial charge is 0.185 e. The average molecular weight is 310 g/mol. The molecule has 4 heteroatoms. The number of hydrogen-bond donors (Lipinski definition) is 1. The molecule has 0 spiro atoms. The lowest BCUT2D eigenvalue weighted by atomic mass is 9.87. The Balaban J connectivity index is 2.02. The highest BCUT2D eigenvalue weighted by molar-refractivity contribution is 7.15. The Hall–Kier alpha value is -0.610. The summed E-state index contributed by atoms with van der Waals surface area (Å²) in [6.07, 6.45) is 4.93. The van der Waals surface area contributed by atoms with E-state index in [9.17, 15) is 0 Å². The first kappa shape index (κ1) is 16.8. The van der Waals surface area contributed by atoms with Crippen LogP contribution >= 0.6 is 11.3 Å². The van der Waals surface area contributed by atoms with Crippen molar-refractivity contribution in [3.63, 3.8) is 0 Å². The van der Waals surface area contributed by atoms with Crippen molar-refractivity contribution < 1.29 is 0 Å². The highest BCUT2D eigenvalue weighted by atomic mass is 32.1. The molecule has 1 aromatic rings. The number of aromatic nitrogens is 1. The standard InChI is InChI=1S/C17H31N3S/c1-5-7-15-16(12-18-6-2)21-17(19-15)20-10-8-14(9-11-20)13(3)4/h13-14,18H,5-12H2,1-4H3. The molecular weight excluding hydrogens is 278 g/mol. The van der Waals surface area contributed by atoms with Crippen LogP contribution in [-0.2, 0) is 13.0 Å². The predicted molar refractivity (Wildman–Crippen MR) is 93.3 cm³/mol. The summed E-state index contributed by atoms with van der Waals surface area (Å²) in [6, 6.07) is 0. The van der Waals surface area contributed by atoms with Crippen LogP contribution in [-0.4, -0.2) is 24.6 Å². The summed E-state index contributed by atoms with van der Waals surface area (Å²) >= 11 is 1.91. The van der Waals surface area contributed by atoms with Gasteiger partial charge in [-0.3, -0.25) is 0 Å². The van der Waals surface area contributed by atoms with E-state index in [1.807, 2.05) is 11.3 Å². The number of anilines is 1. The Kier molecular flexibility index (Phi) is 6.49. The van der Waals surface area contributed by atoms with Crippen LogP contribution in [0.15, 0.2) is 0 Å². The number of piperidine rings is 1. The van der Waals surface area contributed by atoms with Crippen molar-refractivity contribution in [3.05, 3.63) is 10.6 Å². The molecule has 2 heterocycles. The Labute approximate surface area is 134 Å². The molecule has 0 amide bonds. The van der Waals surface area contributed by atoms with Crippen molar-refractivity contribution in [1.82, 2.24) is 10.3 Å². The molecule has 0 atom stereocenters. The SMILES string of the molecule is CCCc1nc(N2CCC(C(C)C)CC2)sc1CNCC. The van der Waals surface area contributed by atoms with Gasteiger partial charge in [-0.1, -0.05) is 34.1 Å². The van der Waals surface area contributed by atoms with E-state index in [4.69, 9.17) is 4.98 Å². The van der Waals surface area contributed by atoms with Crippen molar-refractivity contribution >= 4 is 16.5 Å². The topological polar surface area (TPSA) is 28.2 Å². The first-order valence-electron chi connectivity index (χ1n) is 8.59. The molecule has 1 aliphatic heterocycles. The molecule has 2 rings (SSSR count). The first-order valence-corrected chi connectivity index (χ1v) is 9.41. The summed E-state index contributed by atoms with van der Waals surface area (Å²) in [6.45, 7) is 13.5. The molecule has 1 aromatic heterocycles. The largest absolute Gasteiger partial charge is 0.348 e. The minimum atomic E-state index is 0.823. The van der Waals surface area contributed by atoms with Gasteiger partial charge in [-0.2, -0.15) is 0 Å². The fourth-order valence-electron chi connectivity index (χ4n) is 3.07. The van der Waals surface area contributed by atoms with Crippen molar-refractivity contribution in [1.29, 1.82) is 0 Å². The van der Waals surface area contributed by atoms with E-state index in [1.165, 1.54) is 48.1 Å². The summed E-state index contributed by atoms with van der Waals surface area (Å²) in [5.41, 5.74) is 1.32. The number of thiazole rings is 1. The van der Waals surface area contributed by atoms with Crippen molar-refractivity contribution in [2.45, 2.75) is 59.9 Å². The summed E-state index contributed by atoms with van der Waals surface area (Å²) < 4.78 is 0. The van der Waals surface area contributed by atoms with Crippen molar-refractivity contribution in [2.75, 3.05) is 24.5 Å². The van der Waals surface area contributed by atoms with Crippen molar-refractivity contribution in [2.24, 2.45) is 11.8 Å². The maximum atomic E-state index is 4.95. The fraction of sp³-hybridized carbons (Fsp3) is 0.824. The third kappa shape index (κ3) is 4.43. The van der Waals surface area contributed by atoms with E-state index in [2.05, 4.69) is 37.9 Å². The summed E-state index contributed by atoms with van der Waals surface area (Å²) in [5.74, 6) is 1.72. The van der Waals surface area contributed by atoms with Gasteiger partial charge in [0.05, 0.1) is 5.69 Å². The highest BCUT2D eigenvalue weighted by Gasteiger charge is 2.24. The Bertz CT molecular complexity index is 420. The van der Waals surface area contributed by atoms with Crippen LogP contribution in [0.4, 0.5) is 5.13 Å². The van der Waals surface area contributed by atoms with E-state index >= 15 is 0 Å². The molecule has 0 radical (unpaired) electrons. The maximum Gasteiger partial charge on any atom is 0.185 e. The second kappa shape index (κ2) is 8.14. The van der Waals surface area contributed by atoms with Crippen LogP contribution in [0, 0.1) is 11.8 Å². The quantitative estimate of drug-likeness (QED) is 0.822. The van der Waals surface area contributed by atoms with Crippen LogP contribution in [0.3, 0.4) is 0 Å². The van der Waals surface area contributed by atoms with E-state index in [1.54, 1.807) is 0 Å². The van der Waals surface area contributed by atoms with Crippen LogP contribution < -0.4 is 10.2 Å². The molecule has 0 unspecified atom stereocenters. The third-order valence-corrected chi connectivity index (χ3v) is 5.70. The Morgan fingerprint density at radius 2 is 2.00 bits per heavy atom. The fourth-order valence-corrected chi connectivity index (χ4v) is 4.20. The lowest BCUT2D eigenvalue weighted by Crippen LogP contribution is -2.35. The molecule has 0 aromatic carbocycles. The van der Waals surface area contributed by atoms with E-state index in [0.29, 0.717) is 0 Å². The highest BCUT2D eigenvalue weighted by Crippen LogP contribution is 2.32. The monoisotopic (exact) mass is 309 g/mol. The summed E-state index contributed by atoms with van der Waals surface area (Å²) in [4.78, 5) is 8.91. The number of aryl methyl sites for hydroxylation is 1. The average Bonchev–Trinajstić information content (AvgIpc) is 2.88. The normalized spacial score (nSPS) is 16.9. The zero-order valence-corrected chi connectivity index (χ0v) is 14.9. The Morgan fingerprint density at radius 3 is 2.57 bits per heavy atom. The lowest BCUT2D eigenvalue weighted by Gasteiger charge is -2.33. The lowest BCUT2D eigenvalue weighted by molar-refractivity contribution is 0.311. The van der Waals surface area contributed by atoms with Crippen LogP contribution in [0.25, 0.3) is 0 Å². The molecule has 1 aliphatic rings. The summed E-state index contributed by atoms with van der Waals surface area (Å²) in [7, 11) is 0. The number of nitrogens with one attached hydrogen (secondary N) is 1. The molecule has 21 heavy (non-hydrogen) atoms. The third-order valence-electron chi connectivity index (χ3n) is 4.54. The van der Waals surface area contributed by atoms with E-state index < -0.39 is 0 Å². The zero-order chi connectivity index (χ0) is 15.2.